The molecule has 2 heteroatoms. The molecule has 0 amide bonds. The van der Waals surface area contributed by atoms with Crippen LogP contribution in [0, 0.1) is 0 Å². The van der Waals surface area contributed by atoms with Crippen LogP contribution in [-0.2, 0) is 0 Å². The fourth-order valence-electron chi connectivity index (χ4n) is 2.26. The minimum atomic E-state index is -0.0678. The summed E-state index contributed by atoms with van der Waals surface area (Å²) in [5, 5.41) is 10.2. The van der Waals surface area contributed by atoms with Crippen LogP contribution in [0.1, 0.15) is 66.9 Å². The summed E-state index contributed by atoms with van der Waals surface area (Å²) in [6.07, 6.45) is 2.41. The van der Waals surface area contributed by atoms with E-state index in [1.165, 1.54) is 25.3 Å². The van der Waals surface area contributed by atoms with Gasteiger partial charge >= 0.3 is 0 Å². The van der Waals surface area contributed by atoms with Gasteiger partial charge in [-0.25, -0.2) is 0 Å². The molecule has 0 aliphatic heterocycles. The first kappa shape index (κ1) is 11.2. The number of hydrogen-bond acceptors (Lipinski definition) is 2. The molecule has 1 saturated carbocycles. The first-order valence-corrected chi connectivity index (χ1v) is 5.89. The van der Waals surface area contributed by atoms with Crippen molar-refractivity contribution in [3.63, 3.8) is 0 Å². The first-order valence-electron chi connectivity index (χ1n) is 5.89. The van der Waals surface area contributed by atoms with Crippen LogP contribution in [-0.4, -0.2) is 10.9 Å². The number of phenolic OH excluding ortho intramolecular Hbond substituents is 1. The third-order valence-electron chi connectivity index (χ3n) is 3.22. The average molecular weight is 218 g/mol. The minimum Gasteiger partial charge on any atom is -0.507 e. The van der Waals surface area contributed by atoms with E-state index >= 15 is 0 Å². The molecular weight excluding hydrogens is 200 g/mol. The molecule has 0 bridgehead atoms. The average Bonchev–Trinajstić information content (AvgIpc) is 2.98. The molecule has 2 nitrogen and oxygen atoms in total. The summed E-state index contributed by atoms with van der Waals surface area (Å²) >= 11 is 0. The van der Waals surface area contributed by atoms with Gasteiger partial charge in [0.2, 0.25) is 0 Å². The molecule has 0 atom stereocenters. The zero-order chi connectivity index (χ0) is 11.9. The number of ketones is 1. The third kappa shape index (κ3) is 1.84. The lowest BCUT2D eigenvalue weighted by atomic mass is 9.90. The monoisotopic (exact) mass is 218 g/mol. The summed E-state index contributed by atoms with van der Waals surface area (Å²) in [7, 11) is 0. The zero-order valence-electron chi connectivity index (χ0n) is 10.1. The third-order valence-corrected chi connectivity index (χ3v) is 3.22. The van der Waals surface area contributed by atoms with E-state index in [0.29, 0.717) is 11.5 Å². The number of phenols is 1. The Bertz CT molecular complexity index is 429. The number of carbonyl (C=O) groups excluding carboxylic acids is 1. The van der Waals surface area contributed by atoms with Crippen LogP contribution < -0.4 is 0 Å². The molecule has 0 radical (unpaired) electrons. The van der Waals surface area contributed by atoms with Gasteiger partial charge in [-0.3, -0.25) is 4.79 Å². The smallest absolute Gasteiger partial charge is 0.163 e. The van der Waals surface area contributed by atoms with Crippen molar-refractivity contribution in [2.45, 2.75) is 45.4 Å². The quantitative estimate of drug-likeness (QED) is 0.787. The maximum absolute atomic E-state index is 11.4. The topological polar surface area (TPSA) is 37.3 Å². The number of benzene rings is 1. The van der Waals surface area contributed by atoms with Gasteiger partial charge in [0, 0.05) is 5.56 Å². The van der Waals surface area contributed by atoms with Crippen LogP contribution >= 0.6 is 0 Å². The lowest BCUT2D eigenvalue weighted by Gasteiger charge is -2.16. The predicted octanol–water partition coefficient (Wildman–Crippen LogP) is 3.60. The Labute approximate surface area is 96.3 Å². The molecule has 0 unspecified atom stereocenters. The summed E-state index contributed by atoms with van der Waals surface area (Å²) in [5.74, 6) is 0.993. The maximum atomic E-state index is 11.4. The lowest BCUT2D eigenvalue weighted by molar-refractivity contribution is 0.101. The largest absolute Gasteiger partial charge is 0.507 e. The van der Waals surface area contributed by atoms with Gasteiger partial charge in [0.15, 0.2) is 5.78 Å². The highest BCUT2D eigenvalue weighted by Crippen LogP contribution is 2.46. The van der Waals surface area contributed by atoms with E-state index in [0.717, 1.165) is 5.56 Å². The van der Waals surface area contributed by atoms with Crippen molar-refractivity contribution in [1.29, 1.82) is 0 Å². The van der Waals surface area contributed by atoms with Crippen LogP contribution in [0.25, 0.3) is 0 Å². The molecular formula is C14H18O2. The van der Waals surface area contributed by atoms with Gasteiger partial charge in [0.05, 0.1) is 5.56 Å². The van der Waals surface area contributed by atoms with E-state index in [-0.39, 0.29) is 17.5 Å². The van der Waals surface area contributed by atoms with Crippen molar-refractivity contribution in [3.05, 3.63) is 28.8 Å². The van der Waals surface area contributed by atoms with Gasteiger partial charge in [0.1, 0.15) is 5.75 Å². The van der Waals surface area contributed by atoms with Gasteiger partial charge in [-0.05, 0) is 43.2 Å². The van der Waals surface area contributed by atoms with Gasteiger partial charge in [-0.2, -0.15) is 0 Å². The highest BCUT2D eigenvalue weighted by atomic mass is 16.3. The SMILES string of the molecule is CC(=O)c1ccc(C2CC2)c(C(C)C)c1O. The highest BCUT2D eigenvalue weighted by molar-refractivity contribution is 5.97. The molecule has 0 spiro atoms. The molecule has 1 aliphatic rings. The summed E-state index contributed by atoms with van der Waals surface area (Å²) in [6.45, 7) is 5.62. The van der Waals surface area contributed by atoms with Crippen molar-refractivity contribution in [2.75, 3.05) is 0 Å². The Hall–Kier alpha value is -1.31. The highest BCUT2D eigenvalue weighted by Gasteiger charge is 2.29. The Morgan fingerprint density at radius 1 is 1.38 bits per heavy atom. The number of hydrogen-bond donors (Lipinski definition) is 1. The van der Waals surface area contributed by atoms with Crippen molar-refractivity contribution in [1.82, 2.24) is 0 Å². The van der Waals surface area contributed by atoms with E-state index in [2.05, 4.69) is 13.8 Å². The molecule has 16 heavy (non-hydrogen) atoms. The molecule has 1 fully saturated rings. The zero-order valence-corrected chi connectivity index (χ0v) is 10.1. The second kappa shape index (κ2) is 3.93. The number of carbonyl (C=O) groups is 1. The van der Waals surface area contributed by atoms with E-state index in [9.17, 15) is 9.90 Å². The van der Waals surface area contributed by atoms with Gasteiger partial charge < -0.3 is 5.11 Å². The number of rotatable bonds is 3. The predicted molar refractivity (Wildman–Crippen MR) is 64.2 cm³/mol. The van der Waals surface area contributed by atoms with Crippen molar-refractivity contribution in [3.8, 4) is 5.75 Å². The van der Waals surface area contributed by atoms with Crippen molar-refractivity contribution >= 4 is 5.78 Å². The van der Waals surface area contributed by atoms with Crippen LogP contribution in [0.2, 0.25) is 0 Å². The molecule has 1 N–H and O–H groups in total. The Morgan fingerprint density at radius 2 is 2.00 bits per heavy atom. The minimum absolute atomic E-state index is 0.0678. The van der Waals surface area contributed by atoms with E-state index < -0.39 is 0 Å². The summed E-state index contributed by atoms with van der Waals surface area (Å²) < 4.78 is 0. The Morgan fingerprint density at radius 3 is 2.44 bits per heavy atom. The molecule has 1 aromatic carbocycles. The van der Waals surface area contributed by atoms with Crippen LogP contribution in [0.5, 0.6) is 5.75 Å². The van der Waals surface area contributed by atoms with Crippen LogP contribution in [0.15, 0.2) is 12.1 Å². The number of Topliss-reactive ketones (excluding diaryl/α,β-unsaturated/α-hetero) is 1. The molecule has 0 saturated heterocycles. The van der Waals surface area contributed by atoms with Crippen molar-refractivity contribution < 1.29 is 9.90 Å². The Kier molecular flexibility index (Phi) is 2.75. The van der Waals surface area contributed by atoms with E-state index in [4.69, 9.17) is 0 Å². The molecule has 0 heterocycles. The van der Waals surface area contributed by atoms with E-state index in [1.54, 1.807) is 6.07 Å². The van der Waals surface area contributed by atoms with Crippen LogP contribution in [0.3, 0.4) is 0 Å². The maximum Gasteiger partial charge on any atom is 0.163 e. The number of aromatic hydroxyl groups is 1. The van der Waals surface area contributed by atoms with Crippen LogP contribution in [0.4, 0.5) is 0 Å². The molecule has 1 aliphatic carbocycles. The second-order valence-electron chi connectivity index (χ2n) is 4.95. The normalized spacial score (nSPS) is 15.5. The second-order valence-corrected chi connectivity index (χ2v) is 4.95. The molecule has 1 aromatic rings. The fraction of sp³-hybridized carbons (Fsp3) is 0.500. The summed E-state index contributed by atoms with van der Waals surface area (Å²) in [4.78, 5) is 11.4. The van der Waals surface area contributed by atoms with Gasteiger partial charge in [-0.15, -0.1) is 0 Å². The lowest BCUT2D eigenvalue weighted by Crippen LogP contribution is -2.01. The Balaban J connectivity index is 2.57. The van der Waals surface area contributed by atoms with E-state index in [1.807, 2.05) is 6.07 Å². The molecule has 0 aromatic heterocycles. The standard InChI is InChI=1S/C14H18O2/c1-8(2)13-12(10-4-5-10)7-6-11(9(3)15)14(13)16/h6-8,10,16H,4-5H2,1-3H3. The van der Waals surface area contributed by atoms with Gasteiger partial charge in [-0.1, -0.05) is 19.9 Å². The summed E-state index contributed by atoms with van der Waals surface area (Å²) in [6, 6.07) is 3.78. The van der Waals surface area contributed by atoms with Gasteiger partial charge in [0.25, 0.3) is 0 Å². The molecule has 86 valence electrons. The molecule has 2 rings (SSSR count). The fourth-order valence-corrected chi connectivity index (χ4v) is 2.26. The van der Waals surface area contributed by atoms with Crippen molar-refractivity contribution in [2.24, 2.45) is 0 Å². The summed E-state index contributed by atoms with van der Waals surface area (Å²) in [5.41, 5.74) is 2.65. The first-order chi connectivity index (χ1) is 7.52.